The predicted molar refractivity (Wildman–Crippen MR) is 68.3 cm³/mol. The fraction of sp³-hybridized carbons (Fsp3) is 0.0769. The molecule has 0 saturated carbocycles. The molecule has 1 aromatic carbocycles. The number of aryl methyl sites for hydroxylation is 1. The zero-order valence-electron chi connectivity index (χ0n) is 9.58. The maximum absolute atomic E-state index is 13.7. The number of rotatable bonds is 2. The molecule has 0 radical (unpaired) electrons. The highest BCUT2D eigenvalue weighted by atomic mass is 35.5. The number of aromatic nitrogens is 1. The van der Waals surface area contributed by atoms with Crippen LogP contribution in [0.2, 0.25) is 5.02 Å². The fourth-order valence-corrected chi connectivity index (χ4v) is 1.63. The number of carbonyl (C=O) groups excluding carboxylic acids is 1. The number of benzene rings is 1. The average molecular weight is 265 g/mol. The van der Waals surface area contributed by atoms with Crippen LogP contribution >= 0.6 is 11.6 Å². The quantitative estimate of drug-likeness (QED) is 0.903. The highest BCUT2D eigenvalue weighted by molar-refractivity contribution is 6.33. The van der Waals surface area contributed by atoms with Gasteiger partial charge in [-0.1, -0.05) is 23.7 Å². The average Bonchev–Trinajstić information content (AvgIpc) is 2.35. The van der Waals surface area contributed by atoms with Crippen LogP contribution in [-0.2, 0) is 0 Å². The van der Waals surface area contributed by atoms with Crippen LogP contribution in [-0.4, -0.2) is 10.9 Å². The molecule has 2 aromatic rings. The van der Waals surface area contributed by atoms with Crippen LogP contribution in [0.3, 0.4) is 0 Å². The summed E-state index contributed by atoms with van der Waals surface area (Å²) in [6.07, 6.45) is 2.92. The third-order valence-corrected chi connectivity index (χ3v) is 2.78. The molecule has 3 nitrogen and oxygen atoms in total. The zero-order valence-corrected chi connectivity index (χ0v) is 10.3. The Morgan fingerprint density at radius 3 is 2.89 bits per heavy atom. The number of carbonyl (C=O) groups is 1. The van der Waals surface area contributed by atoms with E-state index in [9.17, 15) is 9.18 Å². The summed E-state index contributed by atoms with van der Waals surface area (Å²) in [5.74, 6) is -1.08. The molecule has 1 amide bonds. The molecule has 0 unspecified atom stereocenters. The van der Waals surface area contributed by atoms with Crippen molar-refractivity contribution in [3.63, 3.8) is 0 Å². The molecule has 18 heavy (non-hydrogen) atoms. The number of hydrogen-bond donors (Lipinski definition) is 1. The van der Waals surface area contributed by atoms with Gasteiger partial charge in [0.25, 0.3) is 5.91 Å². The van der Waals surface area contributed by atoms with Crippen molar-refractivity contribution >= 4 is 23.2 Å². The fourth-order valence-electron chi connectivity index (χ4n) is 1.48. The van der Waals surface area contributed by atoms with Crippen LogP contribution < -0.4 is 5.32 Å². The summed E-state index contributed by atoms with van der Waals surface area (Å²) in [5.41, 5.74) is 0.750. The van der Waals surface area contributed by atoms with Crippen molar-refractivity contribution < 1.29 is 9.18 Å². The molecule has 5 heteroatoms. The van der Waals surface area contributed by atoms with Gasteiger partial charge in [0, 0.05) is 6.20 Å². The van der Waals surface area contributed by atoms with Crippen LogP contribution in [0.1, 0.15) is 15.9 Å². The number of halogens is 2. The summed E-state index contributed by atoms with van der Waals surface area (Å²) in [4.78, 5) is 15.7. The van der Waals surface area contributed by atoms with Gasteiger partial charge in [-0.15, -0.1) is 0 Å². The first-order chi connectivity index (χ1) is 8.59. The van der Waals surface area contributed by atoms with Crippen molar-refractivity contribution in [2.45, 2.75) is 6.92 Å². The van der Waals surface area contributed by atoms with Crippen LogP contribution in [0.25, 0.3) is 0 Å². The van der Waals surface area contributed by atoms with Gasteiger partial charge in [-0.2, -0.15) is 0 Å². The molecule has 0 aliphatic rings. The first-order valence-electron chi connectivity index (χ1n) is 5.25. The molecule has 1 N–H and O–H groups in total. The zero-order chi connectivity index (χ0) is 13.1. The molecule has 0 fully saturated rings. The summed E-state index contributed by atoms with van der Waals surface area (Å²) in [5, 5.41) is 2.87. The van der Waals surface area contributed by atoms with Gasteiger partial charge in [-0.3, -0.25) is 9.78 Å². The van der Waals surface area contributed by atoms with Gasteiger partial charge in [-0.25, -0.2) is 4.39 Å². The van der Waals surface area contributed by atoms with Gasteiger partial charge < -0.3 is 5.32 Å². The summed E-state index contributed by atoms with van der Waals surface area (Å²) >= 11 is 5.88. The van der Waals surface area contributed by atoms with Crippen molar-refractivity contribution in [1.29, 1.82) is 0 Å². The number of hydrogen-bond acceptors (Lipinski definition) is 2. The molecule has 92 valence electrons. The first kappa shape index (κ1) is 12.5. The van der Waals surface area contributed by atoms with E-state index in [1.165, 1.54) is 18.5 Å². The standard InChI is InChI=1S/C13H10ClFN2O/c1-8-3-2-4-9(12(8)15)13(18)17-11-7-16-6-5-10(11)14/h2-7H,1H3,(H,17,18). The Hall–Kier alpha value is -1.94. The molecule has 0 atom stereocenters. The van der Waals surface area contributed by atoms with Crippen molar-refractivity contribution in [3.8, 4) is 0 Å². The smallest absolute Gasteiger partial charge is 0.258 e. The highest BCUT2D eigenvalue weighted by Gasteiger charge is 2.14. The number of nitrogens with zero attached hydrogens (tertiary/aromatic N) is 1. The molecule has 0 spiro atoms. The molecule has 1 heterocycles. The number of amides is 1. The van der Waals surface area contributed by atoms with Crippen molar-refractivity contribution in [1.82, 2.24) is 4.98 Å². The number of anilines is 1. The van der Waals surface area contributed by atoms with Gasteiger partial charge in [-0.05, 0) is 24.6 Å². The van der Waals surface area contributed by atoms with Gasteiger partial charge in [0.2, 0.25) is 0 Å². The van der Waals surface area contributed by atoms with E-state index < -0.39 is 11.7 Å². The van der Waals surface area contributed by atoms with E-state index in [0.29, 0.717) is 16.3 Å². The van der Waals surface area contributed by atoms with E-state index in [-0.39, 0.29) is 5.56 Å². The number of pyridine rings is 1. The minimum Gasteiger partial charge on any atom is -0.319 e. The third-order valence-electron chi connectivity index (χ3n) is 2.45. The van der Waals surface area contributed by atoms with Crippen LogP contribution in [0.4, 0.5) is 10.1 Å². The molecular weight excluding hydrogens is 255 g/mol. The van der Waals surface area contributed by atoms with E-state index in [1.807, 2.05) is 0 Å². The summed E-state index contributed by atoms with van der Waals surface area (Å²) in [6, 6.07) is 6.19. The second-order valence-corrected chi connectivity index (χ2v) is 4.15. The lowest BCUT2D eigenvalue weighted by Gasteiger charge is -2.08. The van der Waals surface area contributed by atoms with Crippen molar-refractivity contribution in [3.05, 3.63) is 58.6 Å². The van der Waals surface area contributed by atoms with E-state index in [2.05, 4.69) is 10.3 Å². The van der Waals surface area contributed by atoms with Crippen LogP contribution in [0.15, 0.2) is 36.7 Å². The Balaban J connectivity index is 2.28. The summed E-state index contributed by atoms with van der Waals surface area (Å²) in [6.45, 7) is 1.60. The van der Waals surface area contributed by atoms with Crippen molar-refractivity contribution in [2.75, 3.05) is 5.32 Å². The van der Waals surface area contributed by atoms with E-state index in [0.717, 1.165) is 0 Å². The minimum absolute atomic E-state index is 0.0186. The van der Waals surface area contributed by atoms with E-state index in [1.54, 1.807) is 25.1 Å². The van der Waals surface area contributed by atoms with E-state index in [4.69, 9.17) is 11.6 Å². The third kappa shape index (κ3) is 2.49. The lowest BCUT2D eigenvalue weighted by molar-refractivity contribution is 0.102. The van der Waals surface area contributed by atoms with E-state index >= 15 is 0 Å². The molecule has 0 saturated heterocycles. The second-order valence-electron chi connectivity index (χ2n) is 3.75. The molecule has 0 aliphatic carbocycles. The Morgan fingerprint density at radius 1 is 1.39 bits per heavy atom. The normalized spacial score (nSPS) is 10.2. The predicted octanol–water partition coefficient (Wildman–Crippen LogP) is 3.43. The lowest BCUT2D eigenvalue weighted by atomic mass is 10.1. The van der Waals surface area contributed by atoms with Crippen LogP contribution in [0.5, 0.6) is 0 Å². The van der Waals surface area contributed by atoms with Crippen LogP contribution in [0, 0.1) is 12.7 Å². The van der Waals surface area contributed by atoms with Gasteiger partial charge >= 0.3 is 0 Å². The van der Waals surface area contributed by atoms with Gasteiger partial charge in [0.1, 0.15) is 5.82 Å². The van der Waals surface area contributed by atoms with Gasteiger partial charge in [0.15, 0.2) is 0 Å². The molecule has 0 bridgehead atoms. The molecule has 2 rings (SSSR count). The highest BCUT2D eigenvalue weighted by Crippen LogP contribution is 2.21. The second kappa shape index (κ2) is 5.14. The Kier molecular flexibility index (Phi) is 3.58. The lowest BCUT2D eigenvalue weighted by Crippen LogP contribution is -2.14. The van der Waals surface area contributed by atoms with Gasteiger partial charge in [0.05, 0.1) is 22.5 Å². The summed E-state index contributed by atoms with van der Waals surface area (Å²) < 4.78 is 13.7. The molecular formula is C13H10ClFN2O. The Morgan fingerprint density at radius 2 is 2.17 bits per heavy atom. The molecule has 1 aromatic heterocycles. The minimum atomic E-state index is -0.550. The largest absolute Gasteiger partial charge is 0.319 e. The maximum atomic E-state index is 13.7. The topological polar surface area (TPSA) is 42.0 Å². The Bertz CT molecular complexity index is 601. The van der Waals surface area contributed by atoms with Crippen molar-refractivity contribution in [2.24, 2.45) is 0 Å². The maximum Gasteiger partial charge on any atom is 0.258 e. The molecule has 0 aliphatic heterocycles. The SMILES string of the molecule is Cc1cccc(C(=O)Nc2cnccc2Cl)c1F. The number of nitrogens with one attached hydrogen (secondary N) is 1. The first-order valence-corrected chi connectivity index (χ1v) is 5.63. The Labute approximate surface area is 109 Å². The monoisotopic (exact) mass is 264 g/mol. The summed E-state index contributed by atoms with van der Waals surface area (Å²) in [7, 11) is 0.